The molecule has 0 aromatic rings. The number of carbonyl (C=O) groups excluding carboxylic acids is 1. The molecular formula is C15H24F3N3O2. The van der Waals surface area contributed by atoms with Crippen LogP contribution in [0.3, 0.4) is 0 Å². The molecule has 5 nitrogen and oxygen atoms in total. The van der Waals surface area contributed by atoms with Crippen LogP contribution < -0.4 is 16.0 Å². The predicted molar refractivity (Wildman–Crippen MR) is 77.4 cm³/mol. The Hall–Kier alpha value is -0.860. The maximum atomic E-state index is 12.4. The van der Waals surface area contributed by atoms with E-state index in [9.17, 15) is 18.0 Å². The quantitative estimate of drug-likeness (QED) is 0.734. The fourth-order valence-electron chi connectivity index (χ4n) is 4.03. The monoisotopic (exact) mass is 335 g/mol. The normalized spacial score (nSPS) is 38.1. The molecule has 0 aromatic heterocycles. The second-order valence-corrected chi connectivity index (χ2v) is 6.85. The number of halogens is 3. The first-order valence-electron chi connectivity index (χ1n) is 8.42. The van der Waals surface area contributed by atoms with E-state index in [4.69, 9.17) is 0 Å². The Labute approximate surface area is 133 Å². The lowest BCUT2D eigenvalue weighted by molar-refractivity contribution is -0.345. The van der Waals surface area contributed by atoms with Crippen LogP contribution in [0, 0.1) is 5.92 Å². The van der Waals surface area contributed by atoms with E-state index in [2.05, 4.69) is 20.7 Å². The summed E-state index contributed by atoms with van der Waals surface area (Å²) in [6, 6.07) is 0.799. The second-order valence-electron chi connectivity index (χ2n) is 6.85. The minimum absolute atomic E-state index is 0.00722. The maximum Gasteiger partial charge on any atom is 0.522 e. The molecule has 1 amide bonds. The Bertz CT molecular complexity index is 425. The average Bonchev–Trinajstić information content (AvgIpc) is 2.95. The van der Waals surface area contributed by atoms with Crippen molar-refractivity contribution >= 4 is 5.91 Å². The Kier molecular flexibility index (Phi) is 5.13. The molecule has 132 valence electrons. The Morgan fingerprint density at radius 3 is 2.39 bits per heavy atom. The van der Waals surface area contributed by atoms with Gasteiger partial charge >= 0.3 is 6.36 Å². The number of fused-ring (bicyclic) bond motifs is 1. The Balaban J connectivity index is 1.41. The minimum Gasteiger partial charge on any atom is -0.353 e. The van der Waals surface area contributed by atoms with Crippen molar-refractivity contribution in [2.45, 2.75) is 75.5 Å². The molecule has 3 atom stereocenters. The van der Waals surface area contributed by atoms with Crippen molar-refractivity contribution in [2.75, 3.05) is 6.67 Å². The highest BCUT2D eigenvalue weighted by atomic mass is 19.4. The molecule has 2 saturated carbocycles. The van der Waals surface area contributed by atoms with Crippen LogP contribution in [0.15, 0.2) is 0 Å². The fourth-order valence-corrected chi connectivity index (χ4v) is 4.03. The molecule has 3 unspecified atom stereocenters. The molecule has 2 aliphatic carbocycles. The first-order chi connectivity index (χ1) is 10.9. The van der Waals surface area contributed by atoms with Crippen LogP contribution in [-0.2, 0) is 9.53 Å². The van der Waals surface area contributed by atoms with E-state index in [1.165, 1.54) is 0 Å². The summed E-state index contributed by atoms with van der Waals surface area (Å²) in [6.07, 6.45) is -0.881. The standard InChI is InChI=1S/C15H24F3N3O2/c16-15(17,18)23-11-4-2-10(3-5-11)21-14(22)9-1-6-12-13(7-9)20-8-19-12/h9-13,19-20H,1-8H2,(H,21,22). The number of ether oxygens (including phenoxy) is 1. The van der Waals surface area contributed by atoms with Gasteiger partial charge in [-0.3, -0.25) is 9.53 Å². The van der Waals surface area contributed by atoms with Gasteiger partial charge in [-0.1, -0.05) is 0 Å². The second kappa shape index (κ2) is 6.94. The third kappa shape index (κ3) is 4.58. The summed E-state index contributed by atoms with van der Waals surface area (Å²) in [6.45, 7) is 0.799. The molecule has 0 spiro atoms. The molecule has 0 radical (unpaired) electrons. The number of alkyl halides is 3. The molecule has 3 aliphatic rings. The SMILES string of the molecule is O=C(NC1CCC(OC(F)(F)F)CC1)C1CCC2NCNC2C1. The first kappa shape index (κ1) is 17.0. The van der Waals surface area contributed by atoms with E-state index < -0.39 is 12.5 Å². The summed E-state index contributed by atoms with van der Waals surface area (Å²) in [5, 5.41) is 9.76. The zero-order chi connectivity index (χ0) is 16.4. The van der Waals surface area contributed by atoms with Crippen molar-refractivity contribution in [2.24, 2.45) is 5.92 Å². The van der Waals surface area contributed by atoms with Gasteiger partial charge in [0.15, 0.2) is 0 Å². The summed E-state index contributed by atoms with van der Waals surface area (Å²) < 4.78 is 40.7. The van der Waals surface area contributed by atoms with Crippen molar-refractivity contribution in [3.63, 3.8) is 0 Å². The van der Waals surface area contributed by atoms with E-state index in [0.717, 1.165) is 25.9 Å². The van der Waals surface area contributed by atoms with E-state index in [-0.39, 0.29) is 17.9 Å². The summed E-state index contributed by atoms with van der Waals surface area (Å²) in [4.78, 5) is 12.4. The highest BCUT2D eigenvalue weighted by Crippen LogP contribution is 2.30. The fraction of sp³-hybridized carbons (Fsp3) is 0.933. The number of nitrogens with one attached hydrogen (secondary N) is 3. The van der Waals surface area contributed by atoms with Crippen LogP contribution in [0.5, 0.6) is 0 Å². The van der Waals surface area contributed by atoms with E-state index in [1.54, 1.807) is 0 Å². The summed E-state index contributed by atoms with van der Waals surface area (Å²) in [5.74, 6) is 0.0603. The zero-order valence-corrected chi connectivity index (χ0v) is 13.0. The summed E-state index contributed by atoms with van der Waals surface area (Å²) in [5.41, 5.74) is 0. The third-order valence-corrected chi connectivity index (χ3v) is 5.27. The number of amides is 1. The molecule has 3 rings (SSSR count). The molecule has 3 fully saturated rings. The van der Waals surface area contributed by atoms with Gasteiger partial charge in [-0.15, -0.1) is 13.2 Å². The smallest absolute Gasteiger partial charge is 0.353 e. The lowest BCUT2D eigenvalue weighted by Crippen LogP contribution is -2.47. The van der Waals surface area contributed by atoms with Crippen molar-refractivity contribution in [3.8, 4) is 0 Å². The van der Waals surface area contributed by atoms with Crippen molar-refractivity contribution in [1.29, 1.82) is 0 Å². The van der Waals surface area contributed by atoms with Crippen LogP contribution in [-0.4, -0.2) is 43.2 Å². The van der Waals surface area contributed by atoms with Gasteiger partial charge in [0.25, 0.3) is 0 Å². The van der Waals surface area contributed by atoms with Crippen molar-refractivity contribution in [1.82, 2.24) is 16.0 Å². The van der Waals surface area contributed by atoms with Gasteiger partial charge in [0, 0.05) is 30.7 Å². The Morgan fingerprint density at radius 1 is 1.00 bits per heavy atom. The molecule has 23 heavy (non-hydrogen) atoms. The number of hydrogen-bond acceptors (Lipinski definition) is 4. The highest BCUT2D eigenvalue weighted by molar-refractivity contribution is 5.79. The highest BCUT2D eigenvalue weighted by Gasteiger charge is 2.38. The average molecular weight is 335 g/mol. The molecule has 0 bridgehead atoms. The van der Waals surface area contributed by atoms with Gasteiger partial charge in [-0.2, -0.15) is 0 Å². The summed E-state index contributed by atoms with van der Waals surface area (Å²) in [7, 11) is 0. The van der Waals surface area contributed by atoms with Gasteiger partial charge in [0.1, 0.15) is 0 Å². The van der Waals surface area contributed by atoms with Gasteiger partial charge in [-0.25, -0.2) is 0 Å². The largest absolute Gasteiger partial charge is 0.522 e. The van der Waals surface area contributed by atoms with Gasteiger partial charge < -0.3 is 16.0 Å². The minimum atomic E-state index is -4.57. The van der Waals surface area contributed by atoms with Crippen LogP contribution in [0.2, 0.25) is 0 Å². The molecule has 8 heteroatoms. The van der Waals surface area contributed by atoms with Crippen LogP contribution in [0.1, 0.15) is 44.9 Å². The molecule has 0 aromatic carbocycles. The first-order valence-corrected chi connectivity index (χ1v) is 8.42. The van der Waals surface area contributed by atoms with Crippen molar-refractivity contribution < 1.29 is 22.7 Å². The van der Waals surface area contributed by atoms with Gasteiger partial charge in [0.05, 0.1) is 6.10 Å². The zero-order valence-electron chi connectivity index (χ0n) is 13.0. The van der Waals surface area contributed by atoms with Gasteiger partial charge in [0.2, 0.25) is 5.91 Å². The summed E-state index contributed by atoms with van der Waals surface area (Å²) >= 11 is 0. The third-order valence-electron chi connectivity index (χ3n) is 5.27. The molecule has 1 saturated heterocycles. The van der Waals surface area contributed by atoms with E-state index in [1.807, 2.05) is 0 Å². The number of carbonyl (C=O) groups is 1. The lowest BCUT2D eigenvalue weighted by Gasteiger charge is -2.33. The molecule has 1 heterocycles. The van der Waals surface area contributed by atoms with E-state index >= 15 is 0 Å². The topological polar surface area (TPSA) is 62.4 Å². The van der Waals surface area contributed by atoms with Crippen LogP contribution in [0.25, 0.3) is 0 Å². The van der Waals surface area contributed by atoms with Crippen LogP contribution >= 0.6 is 0 Å². The predicted octanol–water partition coefficient (Wildman–Crippen LogP) is 1.64. The lowest BCUT2D eigenvalue weighted by atomic mass is 9.82. The van der Waals surface area contributed by atoms with Gasteiger partial charge in [-0.05, 0) is 44.9 Å². The molecular weight excluding hydrogens is 311 g/mol. The van der Waals surface area contributed by atoms with Crippen molar-refractivity contribution in [3.05, 3.63) is 0 Å². The Morgan fingerprint density at radius 2 is 1.70 bits per heavy atom. The number of rotatable bonds is 3. The molecule has 1 aliphatic heterocycles. The number of hydrogen-bond donors (Lipinski definition) is 3. The molecule has 3 N–H and O–H groups in total. The van der Waals surface area contributed by atoms with Crippen LogP contribution in [0.4, 0.5) is 13.2 Å². The van der Waals surface area contributed by atoms with E-state index in [0.29, 0.717) is 37.8 Å². The maximum absolute atomic E-state index is 12.4.